The maximum absolute atomic E-state index is 12.8. The van der Waals surface area contributed by atoms with Gasteiger partial charge >= 0.3 is 0 Å². The van der Waals surface area contributed by atoms with Gasteiger partial charge in [0.1, 0.15) is 6.04 Å². The number of benzene rings is 2. The molecule has 1 atom stereocenters. The molecule has 2 rings (SSSR count). The predicted molar refractivity (Wildman–Crippen MR) is 108 cm³/mol. The summed E-state index contributed by atoms with van der Waals surface area (Å²) in [5.74, 6) is -0.429. The molecule has 2 aromatic carbocycles. The number of aryl methyl sites for hydroxylation is 3. The van der Waals surface area contributed by atoms with E-state index in [4.69, 9.17) is 11.6 Å². The quantitative estimate of drug-likeness (QED) is 0.831. The number of carbonyl (C=O) groups excluding carboxylic acids is 1. The molecule has 0 bridgehead atoms. The third kappa shape index (κ3) is 4.56. The Labute approximate surface area is 160 Å². The number of hydrogen-bond donors (Lipinski definition) is 1. The first-order valence-electron chi connectivity index (χ1n) is 8.14. The zero-order valence-corrected chi connectivity index (χ0v) is 17.1. The molecule has 140 valence electrons. The van der Waals surface area contributed by atoms with Crippen molar-refractivity contribution in [2.45, 2.75) is 33.7 Å². The zero-order chi connectivity index (χ0) is 19.6. The zero-order valence-electron chi connectivity index (χ0n) is 15.5. The van der Waals surface area contributed by atoms with Gasteiger partial charge in [0.05, 0.1) is 11.9 Å². The first-order chi connectivity index (χ1) is 12.0. The van der Waals surface area contributed by atoms with E-state index in [9.17, 15) is 13.2 Å². The average Bonchev–Trinajstić information content (AvgIpc) is 2.53. The molecule has 0 aliphatic rings. The van der Waals surface area contributed by atoms with E-state index in [0.717, 1.165) is 27.3 Å². The summed E-state index contributed by atoms with van der Waals surface area (Å²) in [6.45, 7) is 7.11. The van der Waals surface area contributed by atoms with Crippen molar-refractivity contribution in [3.05, 3.63) is 58.1 Å². The Balaban J connectivity index is 2.41. The Kier molecular flexibility index (Phi) is 5.98. The maximum Gasteiger partial charge on any atom is 0.248 e. The van der Waals surface area contributed by atoms with Gasteiger partial charge in [0.15, 0.2) is 0 Å². The fourth-order valence-corrected chi connectivity index (χ4v) is 4.10. The minimum atomic E-state index is -3.67. The lowest BCUT2D eigenvalue weighted by molar-refractivity contribution is -0.116. The molecule has 0 unspecified atom stereocenters. The summed E-state index contributed by atoms with van der Waals surface area (Å²) < 4.78 is 26.0. The van der Waals surface area contributed by atoms with E-state index in [1.807, 2.05) is 32.9 Å². The van der Waals surface area contributed by atoms with Crippen molar-refractivity contribution in [1.29, 1.82) is 0 Å². The van der Waals surface area contributed by atoms with E-state index < -0.39 is 22.0 Å². The van der Waals surface area contributed by atoms with Crippen molar-refractivity contribution >= 4 is 38.9 Å². The SMILES string of the molecule is Cc1ccc(C)c(N([C@@H](C)C(=O)Nc2cc(Cl)ccc2C)S(C)(=O)=O)c1. The summed E-state index contributed by atoms with van der Waals surface area (Å²) >= 11 is 5.99. The van der Waals surface area contributed by atoms with Crippen molar-refractivity contribution in [2.24, 2.45) is 0 Å². The number of nitrogens with one attached hydrogen (secondary N) is 1. The van der Waals surface area contributed by atoms with Gasteiger partial charge in [-0.15, -0.1) is 0 Å². The summed E-state index contributed by atoms with van der Waals surface area (Å²) in [6.07, 6.45) is 1.10. The van der Waals surface area contributed by atoms with Crippen molar-refractivity contribution in [2.75, 3.05) is 15.9 Å². The Morgan fingerprint density at radius 2 is 1.69 bits per heavy atom. The van der Waals surface area contributed by atoms with Crippen LogP contribution in [0, 0.1) is 20.8 Å². The molecule has 0 aromatic heterocycles. The van der Waals surface area contributed by atoms with Crippen molar-refractivity contribution in [1.82, 2.24) is 0 Å². The van der Waals surface area contributed by atoms with Crippen LogP contribution in [-0.2, 0) is 14.8 Å². The topological polar surface area (TPSA) is 66.5 Å². The Morgan fingerprint density at radius 1 is 1.08 bits per heavy atom. The number of nitrogens with zero attached hydrogens (tertiary/aromatic N) is 1. The number of anilines is 2. The molecule has 26 heavy (non-hydrogen) atoms. The molecular weight excluding hydrogens is 372 g/mol. The second-order valence-electron chi connectivity index (χ2n) is 6.47. The van der Waals surface area contributed by atoms with Gasteiger partial charge in [-0.05, 0) is 62.6 Å². The molecule has 7 heteroatoms. The summed E-state index contributed by atoms with van der Waals surface area (Å²) in [6, 6.07) is 9.75. The molecule has 5 nitrogen and oxygen atoms in total. The molecule has 1 N–H and O–H groups in total. The number of hydrogen-bond acceptors (Lipinski definition) is 3. The van der Waals surface area contributed by atoms with Crippen molar-refractivity contribution in [3.63, 3.8) is 0 Å². The minimum absolute atomic E-state index is 0.429. The molecule has 0 heterocycles. The van der Waals surface area contributed by atoms with E-state index >= 15 is 0 Å². The monoisotopic (exact) mass is 394 g/mol. The van der Waals surface area contributed by atoms with Crippen LogP contribution < -0.4 is 9.62 Å². The molecule has 0 aliphatic heterocycles. The fourth-order valence-electron chi connectivity index (χ4n) is 2.70. The third-order valence-corrected chi connectivity index (χ3v) is 5.61. The second-order valence-corrected chi connectivity index (χ2v) is 8.77. The normalized spacial score (nSPS) is 12.5. The van der Waals surface area contributed by atoms with Crippen molar-refractivity contribution < 1.29 is 13.2 Å². The highest BCUT2D eigenvalue weighted by Gasteiger charge is 2.30. The van der Waals surface area contributed by atoms with Crippen LogP contribution in [-0.4, -0.2) is 26.6 Å². The lowest BCUT2D eigenvalue weighted by atomic mass is 10.1. The largest absolute Gasteiger partial charge is 0.324 e. The first-order valence-corrected chi connectivity index (χ1v) is 10.4. The van der Waals surface area contributed by atoms with Gasteiger partial charge in [-0.1, -0.05) is 29.8 Å². The lowest BCUT2D eigenvalue weighted by Crippen LogP contribution is -2.45. The van der Waals surface area contributed by atoms with Gasteiger partial charge in [-0.3, -0.25) is 9.10 Å². The van der Waals surface area contributed by atoms with Gasteiger partial charge in [0, 0.05) is 10.7 Å². The first kappa shape index (κ1) is 20.3. The highest BCUT2D eigenvalue weighted by atomic mass is 35.5. The smallest absolute Gasteiger partial charge is 0.248 e. The Bertz CT molecular complexity index is 942. The Morgan fingerprint density at radius 3 is 2.31 bits per heavy atom. The van der Waals surface area contributed by atoms with Gasteiger partial charge in [-0.25, -0.2) is 8.42 Å². The van der Waals surface area contributed by atoms with Crippen LogP contribution in [0.4, 0.5) is 11.4 Å². The van der Waals surface area contributed by atoms with Crippen LogP contribution >= 0.6 is 11.6 Å². The van der Waals surface area contributed by atoms with Gasteiger partial charge < -0.3 is 5.32 Å². The van der Waals surface area contributed by atoms with E-state index in [0.29, 0.717) is 16.4 Å². The predicted octanol–water partition coefficient (Wildman–Crippen LogP) is 4.06. The van der Waals surface area contributed by atoms with Crippen molar-refractivity contribution in [3.8, 4) is 0 Å². The molecule has 1 amide bonds. The molecule has 0 fully saturated rings. The molecular formula is C19H23ClN2O3S. The van der Waals surface area contributed by atoms with Crippen LogP contribution in [0.5, 0.6) is 0 Å². The third-order valence-electron chi connectivity index (χ3n) is 4.15. The maximum atomic E-state index is 12.8. The molecule has 2 aromatic rings. The van der Waals surface area contributed by atoms with Crippen LogP contribution in [0.1, 0.15) is 23.6 Å². The van der Waals surface area contributed by atoms with Crippen LogP contribution in [0.15, 0.2) is 36.4 Å². The Hall–Kier alpha value is -2.05. The van der Waals surface area contributed by atoms with E-state index in [2.05, 4.69) is 5.32 Å². The number of halogens is 1. The number of amides is 1. The van der Waals surface area contributed by atoms with Gasteiger partial charge in [-0.2, -0.15) is 0 Å². The molecule has 0 saturated carbocycles. The second kappa shape index (κ2) is 7.68. The standard InChI is InChI=1S/C19H23ClN2O3S/c1-12-6-7-14(3)18(10-12)22(26(5,24)25)15(4)19(23)21-17-11-16(20)9-8-13(17)2/h6-11,15H,1-5H3,(H,21,23)/t15-/m0/s1. The van der Waals surface area contributed by atoms with E-state index in [1.54, 1.807) is 31.2 Å². The van der Waals surface area contributed by atoms with Crippen LogP contribution in [0.2, 0.25) is 5.02 Å². The van der Waals surface area contributed by atoms with Crippen LogP contribution in [0.3, 0.4) is 0 Å². The number of sulfonamides is 1. The van der Waals surface area contributed by atoms with Gasteiger partial charge in [0.2, 0.25) is 15.9 Å². The highest BCUT2D eigenvalue weighted by Crippen LogP contribution is 2.27. The molecule has 0 radical (unpaired) electrons. The summed E-state index contributed by atoms with van der Waals surface area (Å²) in [4.78, 5) is 12.8. The minimum Gasteiger partial charge on any atom is -0.324 e. The average molecular weight is 395 g/mol. The van der Waals surface area contributed by atoms with E-state index in [1.165, 1.54) is 0 Å². The summed E-state index contributed by atoms with van der Waals surface area (Å²) in [7, 11) is -3.67. The molecule has 0 aliphatic carbocycles. The molecule has 0 saturated heterocycles. The molecule has 0 spiro atoms. The van der Waals surface area contributed by atoms with Crippen LogP contribution in [0.25, 0.3) is 0 Å². The van der Waals surface area contributed by atoms with E-state index in [-0.39, 0.29) is 0 Å². The number of rotatable bonds is 5. The summed E-state index contributed by atoms with van der Waals surface area (Å²) in [5.41, 5.74) is 3.59. The summed E-state index contributed by atoms with van der Waals surface area (Å²) in [5, 5.41) is 3.27. The lowest BCUT2D eigenvalue weighted by Gasteiger charge is -2.30. The number of carbonyl (C=O) groups is 1. The van der Waals surface area contributed by atoms with Gasteiger partial charge in [0.25, 0.3) is 0 Å². The fraction of sp³-hybridized carbons (Fsp3) is 0.316. The highest BCUT2D eigenvalue weighted by molar-refractivity contribution is 7.92.